The maximum Gasteiger partial charge on any atom is 0.142 e. The van der Waals surface area contributed by atoms with Crippen LogP contribution < -0.4 is 16.0 Å². The lowest BCUT2D eigenvalue weighted by atomic mass is 10.0. The summed E-state index contributed by atoms with van der Waals surface area (Å²) >= 11 is 12.4. The van der Waals surface area contributed by atoms with Crippen LogP contribution in [-0.4, -0.2) is 12.1 Å². The van der Waals surface area contributed by atoms with E-state index in [0.717, 1.165) is 0 Å². The van der Waals surface area contributed by atoms with Crippen LogP contribution in [0.15, 0.2) is 36.5 Å². The third-order valence-electron chi connectivity index (χ3n) is 2.75. The summed E-state index contributed by atoms with van der Waals surface area (Å²) in [5, 5.41) is 1.03. The summed E-state index contributed by atoms with van der Waals surface area (Å²) in [5.41, 5.74) is 3.98. The molecule has 0 saturated carbocycles. The Morgan fingerprint density at radius 3 is 2.47 bits per heavy atom. The predicted octanol–water partition coefficient (Wildman–Crippen LogP) is 2.95. The van der Waals surface area contributed by atoms with Crippen LogP contribution in [0.5, 0.6) is 5.75 Å². The number of hydrogen-bond acceptors (Lipinski definition) is 4. The molecule has 100 valence electrons. The van der Waals surface area contributed by atoms with Gasteiger partial charge in [0.1, 0.15) is 11.4 Å². The van der Waals surface area contributed by atoms with Crippen molar-refractivity contribution in [1.29, 1.82) is 0 Å². The number of pyridine rings is 1. The van der Waals surface area contributed by atoms with Gasteiger partial charge in [-0.3, -0.25) is 10.8 Å². The first-order chi connectivity index (χ1) is 9.19. The van der Waals surface area contributed by atoms with Crippen molar-refractivity contribution in [3.05, 3.63) is 57.8 Å². The maximum atomic E-state index is 6.20. The average molecular weight is 298 g/mol. The first-order valence-corrected chi connectivity index (χ1v) is 6.33. The molecule has 0 aliphatic heterocycles. The standard InChI is InChI=1S/C13H13Cl2N3O/c1-19-10-6-3-7-17-12(10)13(18-16)11-8(14)4-2-5-9(11)15/h2-7,13,18H,16H2,1H3. The molecule has 0 bridgehead atoms. The Balaban J connectivity index is 2.57. The van der Waals surface area contributed by atoms with Gasteiger partial charge in [0.2, 0.25) is 0 Å². The number of aromatic nitrogens is 1. The number of hydrazine groups is 1. The number of methoxy groups -OCH3 is 1. The van der Waals surface area contributed by atoms with Crippen molar-refractivity contribution < 1.29 is 4.74 Å². The normalized spacial score (nSPS) is 12.2. The van der Waals surface area contributed by atoms with Crippen molar-refractivity contribution in [3.63, 3.8) is 0 Å². The van der Waals surface area contributed by atoms with E-state index in [1.807, 2.05) is 0 Å². The lowest BCUT2D eigenvalue weighted by molar-refractivity contribution is 0.400. The van der Waals surface area contributed by atoms with Gasteiger partial charge in [-0.05, 0) is 24.3 Å². The number of nitrogens with two attached hydrogens (primary N) is 1. The molecule has 4 nitrogen and oxygen atoms in total. The molecular weight excluding hydrogens is 285 g/mol. The molecule has 19 heavy (non-hydrogen) atoms. The van der Waals surface area contributed by atoms with E-state index in [1.54, 1.807) is 43.6 Å². The van der Waals surface area contributed by atoms with Crippen LogP contribution in [0.25, 0.3) is 0 Å². The third-order valence-corrected chi connectivity index (χ3v) is 3.41. The molecule has 0 amide bonds. The molecule has 0 aliphatic carbocycles. The number of ether oxygens (including phenoxy) is 1. The van der Waals surface area contributed by atoms with E-state index < -0.39 is 6.04 Å². The highest BCUT2D eigenvalue weighted by molar-refractivity contribution is 6.36. The van der Waals surface area contributed by atoms with Gasteiger partial charge >= 0.3 is 0 Å². The van der Waals surface area contributed by atoms with Crippen LogP contribution >= 0.6 is 23.2 Å². The van der Waals surface area contributed by atoms with Crippen LogP contribution in [0, 0.1) is 0 Å². The number of hydrogen-bond donors (Lipinski definition) is 2. The molecule has 1 heterocycles. The van der Waals surface area contributed by atoms with E-state index in [0.29, 0.717) is 27.1 Å². The van der Waals surface area contributed by atoms with E-state index in [1.165, 1.54) is 0 Å². The number of rotatable bonds is 4. The zero-order valence-corrected chi connectivity index (χ0v) is 11.7. The van der Waals surface area contributed by atoms with Crippen molar-refractivity contribution >= 4 is 23.2 Å². The average Bonchev–Trinajstić information content (AvgIpc) is 2.43. The minimum absolute atomic E-state index is 0.447. The molecule has 1 aromatic carbocycles. The van der Waals surface area contributed by atoms with Gasteiger partial charge in [0.15, 0.2) is 0 Å². The summed E-state index contributed by atoms with van der Waals surface area (Å²) < 4.78 is 5.29. The fourth-order valence-corrected chi connectivity index (χ4v) is 2.49. The molecule has 0 radical (unpaired) electrons. The van der Waals surface area contributed by atoms with E-state index in [-0.39, 0.29) is 0 Å². The molecule has 2 aromatic rings. The Morgan fingerprint density at radius 1 is 1.21 bits per heavy atom. The van der Waals surface area contributed by atoms with Crippen molar-refractivity contribution in [2.24, 2.45) is 5.84 Å². The van der Waals surface area contributed by atoms with Crippen LogP contribution in [-0.2, 0) is 0 Å². The van der Waals surface area contributed by atoms with Crippen molar-refractivity contribution in [2.45, 2.75) is 6.04 Å². The van der Waals surface area contributed by atoms with Gasteiger partial charge < -0.3 is 4.74 Å². The largest absolute Gasteiger partial charge is 0.495 e. The highest BCUT2D eigenvalue weighted by Crippen LogP contribution is 2.35. The predicted molar refractivity (Wildman–Crippen MR) is 76.4 cm³/mol. The van der Waals surface area contributed by atoms with E-state index >= 15 is 0 Å². The molecule has 0 aliphatic rings. The lowest BCUT2D eigenvalue weighted by Gasteiger charge is -2.20. The highest BCUT2D eigenvalue weighted by atomic mass is 35.5. The summed E-state index contributed by atoms with van der Waals surface area (Å²) in [4.78, 5) is 4.29. The summed E-state index contributed by atoms with van der Waals surface area (Å²) in [7, 11) is 1.57. The Kier molecular flexibility index (Phi) is 4.61. The molecule has 1 atom stereocenters. The van der Waals surface area contributed by atoms with E-state index in [4.69, 9.17) is 33.8 Å². The first kappa shape index (κ1) is 14.1. The second kappa shape index (κ2) is 6.21. The van der Waals surface area contributed by atoms with Crippen LogP contribution in [0.1, 0.15) is 17.3 Å². The van der Waals surface area contributed by atoms with Gasteiger partial charge in [0.05, 0.1) is 13.2 Å². The summed E-state index contributed by atoms with van der Waals surface area (Å²) in [6, 6.07) is 8.42. The minimum Gasteiger partial charge on any atom is -0.495 e. The lowest BCUT2D eigenvalue weighted by Crippen LogP contribution is -2.30. The zero-order valence-electron chi connectivity index (χ0n) is 10.2. The summed E-state index contributed by atoms with van der Waals surface area (Å²) in [6.45, 7) is 0. The topological polar surface area (TPSA) is 60.2 Å². The van der Waals surface area contributed by atoms with Crippen molar-refractivity contribution in [1.82, 2.24) is 10.4 Å². The number of nitrogens with one attached hydrogen (secondary N) is 1. The second-order valence-electron chi connectivity index (χ2n) is 3.83. The molecule has 3 N–H and O–H groups in total. The van der Waals surface area contributed by atoms with Gasteiger partial charge in [-0.15, -0.1) is 0 Å². The van der Waals surface area contributed by atoms with Gasteiger partial charge in [-0.2, -0.15) is 0 Å². The zero-order chi connectivity index (χ0) is 13.8. The molecule has 0 saturated heterocycles. The fraction of sp³-hybridized carbons (Fsp3) is 0.154. The van der Waals surface area contributed by atoms with Crippen LogP contribution in [0.4, 0.5) is 0 Å². The maximum absolute atomic E-state index is 6.20. The Hall–Kier alpha value is -1.33. The monoisotopic (exact) mass is 297 g/mol. The Labute approximate surface area is 121 Å². The SMILES string of the molecule is COc1cccnc1C(NN)c1c(Cl)cccc1Cl. The fourth-order valence-electron chi connectivity index (χ4n) is 1.88. The van der Waals surface area contributed by atoms with E-state index in [2.05, 4.69) is 10.4 Å². The number of benzene rings is 1. The van der Waals surface area contributed by atoms with Gasteiger partial charge in [0, 0.05) is 21.8 Å². The van der Waals surface area contributed by atoms with Crippen LogP contribution in [0.3, 0.4) is 0 Å². The van der Waals surface area contributed by atoms with E-state index in [9.17, 15) is 0 Å². The second-order valence-corrected chi connectivity index (χ2v) is 4.64. The van der Waals surface area contributed by atoms with Gasteiger partial charge in [0.25, 0.3) is 0 Å². The number of nitrogens with zero attached hydrogens (tertiary/aromatic N) is 1. The van der Waals surface area contributed by atoms with Gasteiger partial charge in [-0.25, -0.2) is 5.43 Å². The molecule has 1 unspecified atom stereocenters. The van der Waals surface area contributed by atoms with Crippen molar-refractivity contribution in [3.8, 4) is 5.75 Å². The van der Waals surface area contributed by atoms with Crippen LogP contribution in [0.2, 0.25) is 10.0 Å². The molecule has 2 rings (SSSR count). The molecule has 6 heteroatoms. The smallest absolute Gasteiger partial charge is 0.142 e. The molecular formula is C13H13Cl2N3O. The Morgan fingerprint density at radius 2 is 1.89 bits per heavy atom. The highest BCUT2D eigenvalue weighted by Gasteiger charge is 2.23. The number of halogens is 2. The molecule has 1 aromatic heterocycles. The Bertz CT molecular complexity index is 557. The quantitative estimate of drug-likeness (QED) is 0.673. The molecule has 0 spiro atoms. The molecule has 0 fully saturated rings. The first-order valence-electron chi connectivity index (χ1n) is 5.58. The van der Waals surface area contributed by atoms with Crippen molar-refractivity contribution in [2.75, 3.05) is 7.11 Å². The summed E-state index contributed by atoms with van der Waals surface area (Å²) in [6.07, 6.45) is 1.66. The third kappa shape index (κ3) is 2.82. The minimum atomic E-state index is -0.447. The summed E-state index contributed by atoms with van der Waals surface area (Å²) in [5.74, 6) is 6.25. The van der Waals surface area contributed by atoms with Gasteiger partial charge in [-0.1, -0.05) is 29.3 Å².